The van der Waals surface area contributed by atoms with Gasteiger partial charge in [-0.3, -0.25) is 23.9 Å². The average molecular weight is 476 g/mol. The molecular formula is C23H33N5O4S. The van der Waals surface area contributed by atoms with Crippen LogP contribution in [0.4, 0.5) is 17.2 Å². The number of nitrogens with one attached hydrogen (secondary N) is 2. The van der Waals surface area contributed by atoms with Crippen LogP contribution in [0.15, 0.2) is 38.8 Å². The zero-order valence-corrected chi connectivity index (χ0v) is 20.3. The Bertz CT molecular complexity index is 1060. The summed E-state index contributed by atoms with van der Waals surface area (Å²) < 4.78 is 1.33. The Morgan fingerprint density at radius 2 is 1.76 bits per heavy atom. The molecule has 0 spiro atoms. The highest BCUT2D eigenvalue weighted by atomic mass is 32.2. The molecule has 1 aromatic carbocycles. The van der Waals surface area contributed by atoms with Gasteiger partial charge in [-0.1, -0.05) is 33.1 Å². The fraction of sp³-hybridized carbons (Fsp3) is 0.478. The summed E-state index contributed by atoms with van der Waals surface area (Å²) in [5.41, 5.74) is 5.73. The van der Waals surface area contributed by atoms with Gasteiger partial charge in [0.1, 0.15) is 5.82 Å². The monoisotopic (exact) mass is 475 g/mol. The van der Waals surface area contributed by atoms with Gasteiger partial charge in [0.15, 0.2) is 5.69 Å². The first-order valence-electron chi connectivity index (χ1n) is 11.2. The number of hydrogen-bond donors (Lipinski definition) is 3. The number of anilines is 3. The molecule has 2 aromatic rings. The molecule has 0 saturated heterocycles. The third kappa shape index (κ3) is 7.52. The van der Waals surface area contributed by atoms with Crippen LogP contribution in [0.5, 0.6) is 0 Å². The fourth-order valence-corrected chi connectivity index (χ4v) is 4.09. The lowest BCUT2D eigenvalue weighted by molar-refractivity contribution is -0.116. The van der Waals surface area contributed by atoms with Gasteiger partial charge >= 0.3 is 5.69 Å². The zero-order chi connectivity index (χ0) is 24.4. The number of nitrogens with zero attached hydrogens (tertiary/aromatic N) is 2. The van der Waals surface area contributed by atoms with Crippen LogP contribution in [0.25, 0.3) is 0 Å². The molecule has 4 N–H and O–H groups in total. The van der Waals surface area contributed by atoms with Gasteiger partial charge in [0, 0.05) is 30.6 Å². The molecule has 0 fully saturated rings. The van der Waals surface area contributed by atoms with E-state index < -0.39 is 11.2 Å². The summed E-state index contributed by atoms with van der Waals surface area (Å²) in [6.07, 6.45) is 4.15. The minimum atomic E-state index is -0.653. The molecule has 0 atom stereocenters. The van der Waals surface area contributed by atoms with Crippen molar-refractivity contribution < 1.29 is 9.59 Å². The number of amides is 2. The molecule has 1 aromatic heterocycles. The standard InChI is InChI=1S/C23H33N5O4S/c1-4-6-8-14-27(20-21(24)28(13-7-5-2)23(32)26-22(20)31)19(30)15-33-18-11-9-17(10-12-18)25-16(3)29/h9-12H,4-8,13-15,24H2,1-3H3,(H,25,29)(H,26,31,32). The van der Waals surface area contributed by atoms with Crippen LogP contribution < -0.4 is 27.2 Å². The van der Waals surface area contributed by atoms with E-state index in [1.54, 1.807) is 12.1 Å². The van der Waals surface area contributed by atoms with E-state index in [1.807, 2.05) is 19.1 Å². The van der Waals surface area contributed by atoms with E-state index >= 15 is 0 Å². The largest absolute Gasteiger partial charge is 0.383 e. The predicted molar refractivity (Wildman–Crippen MR) is 134 cm³/mol. The van der Waals surface area contributed by atoms with E-state index in [9.17, 15) is 19.2 Å². The van der Waals surface area contributed by atoms with Gasteiger partial charge in [-0.25, -0.2) is 4.79 Å². The Morgan fingerprint density at radius 3 is 2.36 bits per heavy atom. The minimum Gasteiger partial charge on any atom is -0.383 e. The first-order valence-corrected chi connectivity index (χ1v) is 12.2. The minimum absolute atomic E-state index is 0.0201. The van der Waals surface area contributed by atoms with Gasteiger partial charge in [0.05, 0.1) is 5.75 Å². The zero-order valence-electron chi connectivity index (χ0n) is 19.5. The molecule has 0 aliphatic carbocycles. The lowest BCUT2D eigenvalue weighted by Gasteiger charge is -2.24. The maximum absolute atomic E-state index is 13.2. The van der Waals surface area contributed by atoms with Crippen molar-refractivity contribution in [3.05, 3.63) is 45.1 Å². The molecule has 2 rings (SSSR count). The highest BCUT2D eigenvalue weighted by molar-refractivity contribution is 8.00. The molecular weight excluding hydrogens is 442 g/mol. The summed E-state index contributed by atoms with van der Waals surface area (Å²) in [5, 5.41) is 2.70. The molecule has 2 amide bonds. The first kappa shape index (κ1) is 26.2. The molecule has 0 unspecified atom stereocenters. The Hall–Kier alpha value is -3.01. The second kappa shape index (κ2) is 12.9. The quantitative estimate of drug-likeness (QED) is 0.319. The number of thioether (sulfide) groups is 1. The summed E-state index contributed by atoms with van der Waals surface area (Å²) in [5.74, 6) is -0.304. The van der Waals surface area contributed by atoms with E-state index in [-0.39, 0.29) is 29.1 Å². The molecule has 0 aliphatic heterocycles. The van der Waals surface area contributed by atoms with Crippen molar-refractivity contribution in [3.8, 4) is 0 Å². The van der Waals surface area contributed by atoms with Gasteiger partial charge in [0.25, 0.3) is 5.56 Å². The lowest BCUT2D eigenvalue weighted by atomic mass is 10.2. The number of nitrogens with two attached hydrogens (primary N) is 1. The highest BCUT2D eigenvalue weighted by Gasteiger charge is 2.24. The lowest BCUT2D eigenvalue weighted by Crippen LogP contribution is -2.42. The van der Waals surface area contributed by atoms with Crippen LogP contribution in [0.1, 0.15) is 52.9 Å². The SMILES string of the molecule is CCCCCN(C(=O)CSc1ccc(NC(C)=O)cc1)c1c(N)n(CCCC)c(=O)[nH]c1=O. The Kier molecular flexibility index (Phi) is 10.2. The van der Waals surface area contributed by atoms with E-state index in [0.717, 1.165) is 30.6 Å². The summed E-state index contributed by atoms with van der Waals surface area (Å²) >= 11 is 1.33. The predicted octanol–water partition coefficient (Wildman–Crippen LogP) is 3.19. The number of benzene rings is 1. The maximum atomic E-state index is 13.2. The van der Waals surface area contributed by atoms with Crippen molar-refractivity contribution in [3.63, 3.8) is 0 Å². The molecule has 33 heavy (non-hydrogen) atoms. The fourth-order valence-electron chi connectivity index (χ4n) is 3.32. The Labute approximate surface area is 197 Å². The molecule has 180 valence electrons. The molecule has 0 bridgehead atoms. The molecule has 9 nitrogen and oxygen atoms in total. The average Bonchev–Trinajstić information content (AvgIpc) is 2.76. The van der Waals surface area contributed by atoms with Crippen LogP contribution in [0, 0.1) is 0 Å². The number of rotatable bonds is 12. The third-order valence-corrected chi connectivity index (χ3v) is 6.04. The van der Waals surface area contributed by atoms with Crippen molar-refractivity contribution in [2.75, 3.05) is 28.2 Å². The second-order valence-corrected chi connectivity index (χ2v) is 8.79. The van der Waals surface area contributed by atoms with Crippen molar-refractivity contribution in [2.45, 2.75) is 64.3 Å². The number of H-pyrrole nitrogens is 1. The number of carbonyl (C=O) groups is 2. The van der Waals surface area contributed by atoms with Crippen LogP contribution in [0.3, 0.4) is 0 Å². The van der Waals surface area contributed by atoms with Crippen molar-refractivity contribution >= 4 is 40.8 Å². The van der Waals surface area contributed by atoms with Gasteiger partial charge < -0.3 is 16.0 Å². The second-order valence-electron chi connectivity index (χ2n) is 7.75. The molecule has 1 heterocycles. The molecule has 0 radical (unpaired) electrons. The van der Waals surface area contributed by atoms with Crippen molar-refractivity contribution in [2.24, 2.45) is 0 Å². The number of aromatic nitrogens is 2. The van der Waals surface area contributed by atoms with Gasteiger partial charge in [-0.05, 0) is 37.1 Å². The smallest absolute Gasteiger partial charge is 0.330 e. The third-order valence-electron chi connectivity index (χ3n) is 5.04. The van der Waals surface area contributed by atoms with Crippen LogP contribution in [-0.2, 0) is 16.1 Å². The van der Waals surface area contributed by atoms with Crippen molar-refractivity contribution in [1.82, 2.24) is 9.55 Å². The maximum Gasteiger partial charge on any atom is 0.330 e. The van der Waals surface area contributed by atoms with Crippen LogP contribution >= 0.6 is 11.8 Å². The van der Waals surface area contributed by atoms with Crippen LogP contribution in [0.2, 0.25) is 0 Å². The molecule has 0 aliphatic rings. The summed E-state index contributed by atoms with van der Waals surface area (Å²) in [4.78, 5) is 53.9. The Morgan fingerprint density at radius 1 is 1.09 bits per heavy atom. The van der Waals surface area contributed by atoms with Crippen molar-refractivity contribution in [1.29, 1.82) is 0 Å². The summed E-state index contributed by atoms with van der Waals surface area (Å²) in [6, 6.07) is 7.16. The first-order chi connectivity index (χ1) is 15.8. The molecule has 10 heteroatoms. The van der Waals surface area contributed by atoms with Crippen LogP contribution in [-0.4, -0.2) is 33.7 Å². The van der Waals surface area contributed by atoms with E-state index in [0.29, 0.717) is 25.2 Å². The van der Waals surface area contributed by atoms with Gasteiger partial charge in [-0.2, -0.15) is 0 Å². The Balaban J connectivity index is 2.26. The number of hydrogen-bond acceptors (Lipinski definition) is 6. The normalized spacial score (nSPS) is 10.8. The van der Waals surface area contributed by atoms with E-state index in [2.05, 4.69) is 17.2 Å². The topological polar surface area (TPSA) is 130 Å². The molecule has 0 saturated carbocycles. The summed E-state index contributed by atoms with van der Waals surface area (Å²) in [7, 11) is 0. The highest BCUT2D eigenvalue weighted by Crippen LogP contribution is 2.24. The summed E-state index contributed by atoms with van der Waals surface area (Å²) in [6.45, 7) is 6.20. The number of unbranched alkanes of at least 4 members (excludes halogenated alkanes) is 3. The van der Waals surface area contributed by atoms with Gasteiger partial charge in [0.2, 0.25) is 11.8 Å². The number of carbonyl (C=O) groups excluding carboxylic acids is 2. The number of nitrogen functional groups attached to an aromatic ring is 1. The van der Waals surface area contributed by atoms with E-state index in [1.165, 1.54) is 28.2 Å². The number of aromatic amines is 1. The van der Waals surface area contributed by atoms with Gasteiger partial charge in [-0.15, -0.1) is 11.8 Å². The van der Waals surface area contributed by atoms with E-state index in [4.69, 9.17) is 5.73 Å².